The first-order valence-corrected chi connectivity index (χ1v) is 7.01. The first-order valence-electron chi connectivity index (χ1n) is 7.01. The van der Waals surface area contributed by atoms with E-state index in [-0.39, 0.29) is 18.1 Å². The molecule has 1 heterocycles. The number of rotatable bonds is 4. The molecular weight excluding hydrogens is 296 g/mol. The molecule has 2 aromatic carbocycles. The van der Waals surface area contributed by atoms with Crippen molar-refractivity contribution in [3.8, 4) is 0 Å². The third-order valence-corrected chi connectivity index (χ3v) is 3.51. The smallest absolute Gasteiger partial charge is 0.272 e. The molecule has 0 spiro atoms. The summed E-state index contributed by atoms with van der Waals surface area (Å²) in [7, 11) is 0. The number of hydrogen-bond acceptors (Lipinski definition) is 4. The highest BCUT2D eigenvalue weighted by atomic mass is 16.6. The zero-order valence-electron chi connectivity index (χ0n) is 12.4. The van der Waals surface area contributed by atoms with Gasteiger partial charge in [0.05, 0.1) is 22.5 Å². The minimum atomic E-state index is -0.467. The van der Waals surface area contributed by atoms with Gasteiger partial charge < -0.3 is 10.3 Å². The largest absolute Gasteiger partial charge is 0.345 e. The summed E-state index contributed by atoms with van der Waals surface area (Å²) in [5.41, 5.74) is 2.57. The van der Waals surface area contributed by atoms with Gasteiger partial charge in [-0.15, -0.1) is 0 Å². The van der Waals surface area contributed by atoms with Crippen molar-refractivity contribution in [3.63, 3.8) is 0 Å². The van der Waals surface area contributed by atoms with Crippen LogP contribution >= 0.6 is 0 Å². The highest BCUT2D eigenvalue weighted by Gasteiger charge is 2.14. The van der Waals surface area contributed by atoms with E-state index >= 15 is 0 Å². The number of hydrogen-bond donors (Lipinski definition) is 2. The predicted octanol–water partition coefficient (Wildman–Crippen LogP) is 2.71. The Morgan fingerprint density at radius 2 is 2.09 bits per heavy atom. The molecule has 7 nitrogen and oxygen atoms in total. The molecule has 0 aliphatic carbocycles. The van der Waals surface area contributed by atoms with Gasteiger partial charge in [0.25, 0.3) is 11.6 Å². The molecule has 0 aliphatic rings. The van der Waals surface area contributed by atoms with Crippen molar-refractivity contribution in [2.75, 3.05) is 0 Å². The number of amides is 1. The van der Waals surface area contributed by atoms with Crippen LogP contribution in [0.2, 0.25) is 0 Å². The van der Waals surface area contributed by atoms with Crippen LogP contribution in [0.25, 0.3) is 11.0 Å². The monoisotopic (exact) mass is 310 g/mol. The van der Waals surface area contributed by atoms with E-state index in [1.807, 2.05) is 24.3 Å². The average molecular weight is 310 g/mol. The van der Waals surface area contributed by atoms with Crippen molar-refractivity contribution in [1.29, 1.82) is 0 Å². The fourth-order valence-corrected chi connectivity index (χ4v) is 2.36. The number of H-pyrrole nitrogens is 1. The molecule has 0 fully saturated rings. The molecule has 0 atom stereocenters. The molecule has 23 heavy (non-hydrogen) atoms. The average Bonchev–Trinajstić information content (AvgIpc) is 2.95. The van der Waals surface area contributed by atoms with Crippen LogP contribution < -0.4 is 5.32 Å². The molecule has 0 aliphatic heterocycles. The number of nitrogens with one attached hydrogen (secondary N) is 2. The number of carbonyl (C=O) groups excluding carboxylic acids is 1. The van der Waals surface area contributed by atoms with Crippen LogP contribution in [0, 0.1) is 17.0 Å². The van der Waals surface area contributed by atoms with E-state index in [9.17, 15) is 14.9 Å². The van der Waals surface area contributed by atoms with E-state index in [0.29, 0.717) is 17.0 Å². The Labute approximate surface area is 131 Å². The lowest BCUT2D eigenvalue weighted by Crippen LogP contribution is -2.23. The van der Waals surface area contributed by atoms with E-state index in [1.54, 1.807) is 6.92 Å². The number of aromatic nitrogens is 2. The number of fused-ring (bicyclic) bond motifs is 1. The second kappa shape index (κ2) is 5.88. The van der Waals surface area contributed by atoms with E-state index < -0.39 is 4.92 Å². The van der Waals surface area contributed by atoms with Gasteiger partial charge in [-0.05, 0) is 31.2 Å². The number of nitro groups is 1. The molecule has 116 valence electrons. The fraction of sp³-hybridized carbons (Fsp3) is 0.125. The highest BCUT2D eigenvalue weighted by molar-refractivity contribution is 5.94. The summed E-state index contributed by atoms with van der Waals surface area (Å²) >= 11 is 0. The minimum Gasteiger partial charge on any atom is -0.345 e. The Morgan fingerprint density at radius 1 is 1.30 bits per heavy atom. The van der Waals surface area contributed by atoms with Gasteiger partial charge in [-0.2, -0.15) is 0 Å². The lowest BCUT2D eigenvalue weighted by atomic mass is 10.1. The lowest BCUT2D eigenvalue weighted by molar-refractivity contribution is -0.385. The number of benzene rings is 2. The van der Waals surface area contributed by atoms with E-state index in [2.05, 4.69) is 15.3 Å². The molecule has 7 heteroatoms. The summed E-state index contributed by atoms with van der Waals surface area (Å²) in [6.45, 7) is 1.86. The summed E-state index contributed by atoms with van der Waals surface area (Å²) in [6, 6.07) is 11.9. The number of imidazole rings is 1. The van der Waals surface area contributed by atoms with Crippen LogP contribution in [0.1, 0.15) is 21.7 Å². The molecule has 3 aromatic rings. The van der Waals surface area contributed by atoms with Crippen LogP contribution in [-0.4, -0.2) is 20.8 Å². The minimum absolute atomic E-state index is 0.00108. The maximum Gasteiger partial charge on any atom is 0.272 e. The molecule has 2 N–H and O–H groups in total. The zero-order chi connectivity index (χ0) is 16.4. The lowest BCUT2D eigenvalue weighted by Gasteiger charge is -2.04. The third-order valence-electron chi connectivity index (χ3n) is 3.51. The van der Waals surface area contributed by atoms with E-state index in [4.69, 9.17) is 0 Å². The Bertz CT molecular complexity index is 868. The summed E-state index contributed by atoms with van der Waals surface area (Å²) in [5.74, 6) is 0.349. The van der Waals surface area contributed by atoms with E-state index in [0.717, 1.165) is 11.0 Å². The van der Waals surface area contributed by atoms with Crippen LogP contribution in [0.3, 0.4) is 0 Å². The second-order valence-electron chi connectivity index (χ2n) is 5.14. The van der Waals surface area contributed by atoms with Crippen molar-refractivity contribution in [2.24, 2.45) is 0 Å². The Kier molecular flexibility index (Phi) is 3.76. The van der Waals surface area contributed by atoms with Crippen molar-refractivity contribution in [1.82, 2.24) is 15.3 Å². The van der Waals surface area contributed by atoms with Crippen molar-refractivity contribution >= 4 is 22.6 Å². The van der Waals surface area contributed by atoms with Crippen LogP contribution in [0.4, 0.5) is 5.69 Å². The first-order chi connectivity index (χ1) is 11.0. The number of aryl methyl sites for hydroxylation is 1. The van der Waals surface area contributed by atoms with Gasteiger partial charge in [0.15, 0.2) is 0 Å². The number of nitrogens with zero attached hydrogens (tertiary/aromatic N) is 2. The van der Waals surface area contributed by atoms with Crippen LogP contribution in [0.15, 0.2) is 42.5 Å². The van der Waals surface area contributed by atoms with Gasteiger partial charge in [-0.3, -0.25) is 14.9 Å². The molecule has 0 radical (unpaired) electrons. The third kappa shape index (κ3) is 3.03. The molecule has 0 unspecified atom stereocenters. The zero-order valence-corrected chi connectivity index (χ0v) is 12.4. The molecule has 1 aromatic heterocycles. The second-order valence-corrected chi connectivity index (χ2v) is 5.14. The van der Waals surface area contributed by atoms with Crippen molar-refractivity contribution < 1.29 is 9.72 Å². The number of nitro benzene ring substituents is 1. The molecule has 0 saturated carbocycles. The van der Waals surface area contributed by atoms with Gasteiger partial charge in [-0.1, -0.05) is 12.1 Å². The molecule has 1 amide bonds. The fourth-order valence-electron chi connectivity index (χ4n) is 2.36. The van der Waals surface area contributed by atoms with Crippen molar-refractivity contribution in [3.05, 3.63) is 69.5 Å². The van der Waals surface area contributed by atoms with Crippen LogP contribution in [-0.2, 0) is 6.54 Å². The molecule has 0 saturated heterocycles. The Hall–Kier alpha value is -3.22. The van der Waals surface area contributed by atoms with Gasteiger partial charge in [0.1, 0.15) is 5.82 Å². The number of aromatic amines is 1. The molecular formula is C16H14N4O3. The molecule has 0 bridgehead atoms. The van der Waals surface area contributed by atoms with Crippen molar-refractivity contribution in [2.45, 2.75) is 13.5 Å². The predicted molar refractivity (Wildman–Crippen MR) is 85.1 cm³/mol. The molecule has 3 rings (SSSR count). The summed E-state index contributed by atoms with van der Waals surface area (Å²) in [6.07, 6.45) is 0. The van der Waals surface area contributed by atoms with Gasteiger partial charge in [0, 0.05) is 17.2 Å². The van der Waals surface area contributed by atoms with Gasteiger partial charge in [0.2, 0.25) is 0 Å². The quantitative estimate of drug-likeness (QED) is 0.571. The maximum absolute atomic E-state index is 12.1. The highest BCUT2D eigenvalue weighted by Crippen LogP contribution is 2.18. The Morgan fingerprint density at radius 3 is 2.78 bits per heavy atom. The number of carbonyl (C=O) groups is 1. The number of para-hydroxylation sites is 2. The Balaban J connectivity index is 1.71. The van der Waals surface area contributed by atoms with Gasteiger partial charge >= 0.3 is 0 Å². The first kappa shape index (κ1) is 14.7. The van der Waals surface area contributed by atoms with E-state index in [1.165, 1.54) is 18.2 Å². The topological polar surface area (TPSA) is 101 Å². The summed E-state index contributed by atoms with van der Waals surface area (Å²) in [4.78, 5) is 30.0. The van der Waals surface area contributed by atoms with Crippen LogP contribution in [0.5, 0.6) is 0 Å². The van der Waals surface area contributed by atoms with Gasteiger partial charge in [-0.25, -0.2) is 4.98 Å². The summed E-state index contributed by atoms with van der Waals surface area (Å²) < 4.78 is 0. The normalized spacial score (nSPS) is 10.7. The SMILES string of the molecule is Cc1cc(C(=O)NCc2nc3ccccc3[nH]2)ccc1[N+](=O)[O-]. The maximum atomic E-state index is 12.1. The summed E-state index contributed by atoms with van der Waals surface area (Å²) in [5, 5.41) is 13.5. The standard InChI is InChI=1S/C16H14N4O3/c1-10-8-11(6-7-14(10)20(22)23)16(21)17-9-15-18-12-4-2-3-5-13(12)19-15/h2-8H,9H2,1H3,(H,17,21)(H,18,19).